The number of likely N-dealkylation sites (tertiary alicyclic amines) is 1. The lowest BCUT2D eigenvalue weighted by molar-refractivity contribution is -0.133. The molecular formula is C16H23N5O. The summed E-state index contributed by atoms with van der Waals surface area (Å²) in [5, 5.41) is 11.2. The van der Waals surface area contributed by atoms with Gasteiger partial charge in [-0.2, -0.15) is 10.2 Å². The smallest absolute Gasteiger partial charge is 0.224 e. The second kappa shape index (κ2) is 6.77. The van der Waals surface area contributed by atoms with E-state index in [1.807, 2.05) is 28.6 Å². The van der Waals surface area contributed by atoms with Crippen molar-refractivity contribution >= 4 is 5.91 Å². The summed E-state index contributed by atoms with van der Waals surface area (Å²) >= 11 is 0. The molecule has 3 rings (SSSR count). The molecule has 1 amide bonds. The fraction of sp³-hybridized carbons (Fsp3) is 0.562. The number of amides is 1. The third kappa shape index (κ3) is 3.55. The Morgan fingerprint density at radius 3 is 3.05 bits per heavy atom. The van der Waals surface area contributed by atoms with Gasteiger partial charge in [-0.1, -0.05) is 0 Å². The fourth-order valence-corrected chi connectivity index (χ4v) is 3.16. The maximum Gasteiger partial charge on any atom is 0.224 e. The summed E-state index contributed by atoms with van der Waals surface area (Å²) in [7, 11) is 0. The van der Waals surface area contributed by atoms with Crippen LogP contribution in [0.2, 0.25) is 0 Å². The molecule has 2 aromatic rings. The van der Waals surface area contributed by atoms with Gasteiger partial charge in [-0.3, -0.25) is 14.6 Å². The molecule has 0 unspecified atom stereocenters. The maximum atomic E-state index is 12.4. The summed E-state index contributed by atoms with van der Waals surface area (Å²) in [5.41, 5.74) is 2.26. The molecule has 1 saturated heterocycles. The van der Waals surface area contributed by atoms with Crippen molar-refractivity contribution in [2.45, 2.75) is 39.2 Å². The van der Waals surface area contributed by atoms with E-state index in [4.69, 9.17) is 0 Å². The second-order valence-corrected chi connectivity index (χ2v) is 6.08. The van der Waals surface area contributed by atoms with E-state index in [9.17, 15) is 4.79 Å². The molecule has 1 aliphatic rings. The zero-order valence-electron chi connectivity index (χ0n) is 13.0. The van der Waals surface area contributed by atoms with Gasteiger partial charge in [0.25, 0.3) is 0 Å². The fourth-order valence-electron chi connectivity index (χ4n) is 3.16. The first-order chi connectivity index (χ1) is 10.7. The SMILES string of the molecule is Cc1ccnn1CCC(=O)N1CCC[C@@H](Cc2ccn[nH]2)C1. The van der Waals surface area contributed by atoms with E-state index >= 15 is 0 Å². The van der Waals surface area contributed by atoms with E-state index < -0.39 is 0 Å². The predicted molar refractivity (Wildman–Crippen MR) is 83.2 cm³/mol. The standard InChI is InChI=1S/C16H23N5O/c1-13-4-8-18-21(13)10-6-16(22)20-9-2-3-14(12-20)11-15-5-7-17-19-15/h4-5,7-8,14H,2-3,6,9-12H2,1H3,(H,17,19)/t14-/m0/s1. The minimum Gasteiger partial charge on any atom is -0.342 e. The van der Waals surface area contributed by atoms with E-state index in [-0.39, 0.29) is 5.91 Å². The third-order valence-corrected chi connectivity index (χ3v) is 4.41. The van der Waals surface area contributed by atoms with E-state index in [0.717, 1.165) is 37.3 Å². The number of carbonyl (C=O) groups is 1. The molecule has 0 spiro atoms. The van der Waals surface area contributed by atoms with Gasteiger partial charge < -0.3 is 4.90 Å². The van der Waals surface area contributed by atoms with Crippen LogP contribution in [0.4, 0.5) is 0 Å². The Morgan fingerprint density at radius 2 is 2.32 bits per heavy atom. The zero-order chi connectivity index (χ0) is 15.4. The van der Waals surface area contributed by atoms with Crippen LogP contribution in [0.15, 0.2) is 24.5 Å². The number of nitrogens with zero attached hydrogens (tertiary/aromatic N) is 4. The highest BCUT2D eigenvalue weighted by Crippen LogP contribution is 2.20. The highest BCUT2D eigenvalue weighted by atomic mass is 16.2. The van der Waals surface area contributed by atoms with Gasteiger partial charge in [0.05, 0.1) is 0 Å². The van der Waals surface area contributed by atoms with Crippen LogP contribution >= 0.6 is 0 Å². The summed E-state index contributed by atoms with van der Waals surface area (Å²) in [5.74, 6) is 0.772. The first-order valence-corrected chi connectivity index (χ1v) is 7.97. The average Bonchev–Trinajstić information content (AvgIpc) is 3.17. The number of carbonyl (C=O) groups excluding carboxylic acids is 1. The highest BCUT2D eigenvalue weighted by molar-refractivity contribution is 5.76. The number of aryl methyl sites for hydroxylation is 2. The van der Waals surface area contributed by atoms with Gasteiger partial charge in [0.15, 0.2) is 0 Å². The van der Waals surface area contributed by atoms with Crippen molar-refractivity contribution in [3.8, 4) is 0 Å². The molecule has 0 aromatic carbocycles. The van der Waals surface area contributed by atoms with Crippen LogP contribution in [0.1, 0.15) is 30.7 Å². The van der Waals surface area contributed by atoms with Crippen molar-refractivity contribution in [3.05, 3.63) is 35.9 Å². The summed E-state index contributed by atoms with van der Waals surface area (Å²) in [4.78, 5) is 14.4. The molecule has 22 heavy (non-hydrogen) atoms. The van der Waals surface area contributed by atoms with E-state index in [0.29, 0.717) is 18.9 Å². The Labute approximate surface area is 130 Å². The number of hydrogen-bond donors (Lipinski definition) is 1. The number of rotatable bonds is 5. The van der Waals surface area contributed by atoms with Crippen molar-refractivity contribution in [1.29, 1.82) is 0 Å². The molecule has 118 valence electrons. The quantitative estimate of drug-likeness (QED) is 0.915. The summed E-state index contributed by atoms with van der Waals surface area (Å²) in [6.45, 7) is 4.42. The van der Waals surface area contributed by atoms with E-state index in [2.05, 4.69) is 15.3 Å². The Morgan fingerprint density at radius 1 is 1.41 bits per heavy atom. The van der Waals surface area contributed by atoms with Gasteiger partial charge >= 0.3 is 0 Å². The number of piperidine rings is 1. The van der Waals surface area contributed by atoms with Crippen LogP contribution in [0, 0.1) is 12.8 Å². The highest BCUT2D eigenvalue weighted by Gasteiger charge is 2.24. The monoisotopic (exact) mass is 301 g/mol. The lowest BCUT2D eigenvalue weighted by Crippen LogP contribution is -2.40. The van der Waals surface area contributed by atoms with Crippen molar-refractivity contribution < 1.29 is 4.79 Å². The minimum absolute atomic E-state index is 0.240. The molecule has 0 bridgehead atoms. The average molecular weight is 301 g/mol. The topological polar surface area (TPSA) is 66.8 Å². The largest absolute Gasteiger partial charge is 0.342 e. The normalized spacial score (nSPS) is 18.6. The third-order valence-electron chi connectivity index (χ3n) is 4.41. The van der Waals surface area contributed by atoms with Crippen LogP contribution < -0.4 is 0 Å². The number of hydrogen-bond acceptors (Lipinski definition) is 3. The Balaban J connectivity index is 1.50. The Hall–Kier alpha value is -2.11. The number of aromatic amines is 1. The molecule has 2 aromatic heterocycles. The first-order valence-electron chi connectivity index (χ1n) is 7.97. The molecular weight excluding hydrogens is 278 g/mol. The van der Waals surface area contributed by atoms with Crippen molar-refractivity contribution in [3.63, 3.8) is 0 Å². The van der Waals surface area contributed by atoms with Gasteiger partial charge in [0, 0.05) is 49.8 Å². The first kappa shape index (κ1) is 14.8. The van der Waals surface area contributed by atoms with Crippen molar-refractivity contribution in [2.75, 3.05) is 13.1 Å². The molecule has 1 atom stereocenters. The lowest BCUT2D eigenvalue weighted by atomic mass is 9.93. The molecule has 3 heterocycles. The van der Waals surface area contributed by atoms with E-state index in [1.165, 1.54) is 6.42 Å². The van der Waals surface area contributed by atoms with Gasteiger partial charge in [-0.25, -0.2) is 0 Å². The molecule has 0 saturated carbocycles. The molecule has 6 nitrogen and oxygen atoms in total. The molecule has 6 heteroatoms. The number of aromatic nitrogens is 4. The summed E-state index contributed by atoms with van der Waals surface area (Å²) in [6, 6.07) is 3.98. The molecule has 1 N–H and O–H groups in total. The molecule has 1 aliphatic heterocycles. The molecule has 0 radical (unpaired) electrons. The van der Waals surface area contributed by atoms with Crippen LogP contribution in [0.25, 0.3) is 0 Å². The number of H-pyrrole nitrogens is 1. The van der Waals surface area contributed by atoms with Crippen molar-refractivity contribution in [1.82, 2.24) is 24.9 Å². The number of nitrogens with one attached hydrogen (secondary N) is 1. The van der Waals surface area contributed by atoms with Crippen LogP contribution in [0.5, 0.6) is 0 Å². The van der Waals surface area contributed by atoms with Gasteiger partial charge in [0.2, 0.25) is 5.91 Å². The summed E-state index contributed by atoms with van der Waals surface area (Å²) < 4.78 is 1.89. The molecule has 1 fully saturated rings. The van der Waals surface area contributed by atoms with Gasteiger partial charge in [0.1, 0.15) is 0 Å². The maximum absolute atomic E-state index is 12.4. The van der Waals surface area contributed by atoms with Gasteiger partial charge in [-0.15, -0.1) is 0 Å². The molecule has 0 aliphatic carbocycles. The minimum atomic E-state index is 0.240. The zero-order valence-corrected chi connectivity index (χ0v) is 13.0. The Bertz CT molecular complexity index is 604. The van der Waals surface area contributed by atoms with E-state index in [1.54, 1.807) is 12.4 Å². The predicted octanol–water partition coefficient (Wildman–Crippen LogP) is 1.79. The van der Waals surface area contributed by atoms with Crippen LogP contribution in [-0.4, -0.2) is 43.9 Å². The Kier molecular flexibility index (Phi) is 4.56. The lowest BCUT2D eigenvalue weighted by Gasteiger charge is -2.32. The second-order valence-electron chi connectivity index (χ2n) is 6.08. The van der Waals surface area contributed by atoms with Gasteiger partial charge in [-0.05, 0) is 44.2 Å². The van der Waals surface area contributed by atoms with Crippen LogP contribution in [-0.2, 0) is 17.8 Å². The summed E-state index contributed by atoms with van der Waals surface area (Å²) in [6.07, 6.45) is 7.34. The van der Waals surface area contributed by atoms with Crippen molar-refractivity contribution in [2.24, 2.45) is 5.92 Å². The van der Waals surface area contributed by atoms with Crippen LogP contribution in [0.3, 0.4) is 0 Å².